The van der Waals surface area contributed by atoms with Crippen LogP contribution in [0, 0.1) is 0 Å². The summed E-state index contributed by atoms with van der Waals surface area (Å²) in [6, 6.07) is 2.05. The van der Waals surface area contributed by atoms with Crippen molar-refractivity contribution in [1.29, 1.82) is 0 Å². The van der Waals surface area contributed by atoms with Crippen molar-refractivity contribution in [3.05, 3.63) is 15.5 Å². The highest BCUT2D eigenvalue weighted by atomic mass is 79.9. The Labute approximate surface area is 61.8 Å². The smallest absolute Gasteiger partial charge is 0.109 e. The van der Waals surface area contributed by atoms with E-state index in [0.29, 0.717) is 0 Å². The molecule has 1 aromatic rings. The molecule has 1 heterocycles. The first-order chi connectivity index (χ1) is 3.83. The highest BCUT2D eigenvalue weighted by Crippen LogP contribution is 2.16. The fraction of sp³-hybridized carbons (Fsp3) is 0.250. The Hall–Kier alpha value is 0.175. The first-order valence-electron chi connectivity index (χ1n) is 2.44. The van der Waals surface area contributed by atoms with Crippen LogP contribution in [0.15, 0.2) is 9.85 Å². The van der Waals surface area contributed by atoms with Crippen molar-refractivity contribution in [2.45, 2.75) is 6.32 Å². The van der Waals surface area contributed by atoms with Gasteiger partial charge >= 0.3 is 0 Å². The standard InChI is InChI=1S/C4H5BBrNS/c5-2-3-1-4(6)8-7-3/h1H,2,5H2. The lowest BCUT2D eigenvalue weighted by Gasteiger charge is -1.77. The molecule has 1 rings (SSSR count). The first kappa shape index (κ1) is 6.30. The topological polar surface area (TPSA) is 12.9 Å². The van der Waals surface area contributed by atoms with E-state index in [9.17, 15) is 0 Å². The third-order valence-corrected chi connectivity index (χ3v) is 2.17. The van der Waals surface area contributed by atoms with Crippen LogP contribution >= 0.6 is 27.5 Å². The molecule has 1 aromatic heterocycles. The molecule has 0 radical (unpaired) electrons. The minimum Gasteiger partial charge on any atom is -0.197 e. The van der Waals surface area contributed by atoms with E-state index >= 15 is 0 Å². The van der Waals surface area contributed by atoms with Crippen molar-refractivity contribution < 1.29 is 0 Å². The van der Waals surface area contributed by atoms with Gasteiger partial charge in [0.15, 0.2) is 0 Å². The van der Waals surface area contributed by atoms with E-state index in [1.54, 1.807) is 0 Å². The van der Waals surface area contributed by atoms with Crippen LogP contribution in [0.3, 0.4) is 0 Å². The lowest BCUT2D eigenvalue weighted by atomic mass is 10.0. The highest BCUT2D eigenvalue weighted by molar-refractivity contribution is 9.11. The van der Waals surface area contributed by atoms with Crippen LogP contribution in [0.1, 0.15) is 5.69 Å². The Morgan fingerprint density at radius 1 is 1.88 bits per heavy atom. The van der Waals surface area contributed by atoms with Gasteiger partial charge in [-0.1, -0.05) is 0 Å². The van der Waals surface area contributed by atoms with Crippen molar-refractivity contribution in [1.82, 2.24) is 4.37 Å². The molecule has 0 aliphatic heterocycles. The molecule has 0 atom stereocenters. The maximum absolute atomic E-state index is 4.13. The van der Waals surface area contributed by atoms with Crippen molar-refractivity contribution in [3.63, 3.8) is 0 Å². The Morgan fingerprint density at radius 3 is 2.88 bits per heavy atom. The zero-order valence-electron chi connectivity index (χ0n) is 4.52. The van der Waals surface area contributed by atoms with Gasteiger partial charge in [0.05, 0.1) is 3.79 Å². The lowest BCUT2D eigenvalue weighted by Crippen LogP contribution is -1.78. The Kier molecular flexibility index (Phi) is 2.08. The van der Waals surface area contributed by atoms with Crippen molar-refractivity contribution in [2.24, 2.45) is 0 Å². The summed E-state index contributed by atoms with van der Waals surface area (Å²) in [7, 11) is 2.10. The van der Waals surface area contributed by atoms with Crippen LogP contribution in [0.5, 0.6) is 0 Å². The number of rotatable bonds is 1. The second kappa shape index (κ2) is 2.64. The van der Waals surface area contributed by atoms with E-state index in [-0.39, 0.29) is 0 Å². The molecule has 0 aromatic carbocycles. The minimum atomic E-state index is 1.03. The molecule has 8 heavy (non-hydrogen) atoms. The molecule has 42 valence electrons. The van der Waals surface area contributed by atoms with Crippen LogP contribution in [0.4, 0.5) is 0 Å². The van der Waals surface area contributed by atoms with E-state index in [1.165, 1.54) is 17.2 Å². The van der Waals surface area contributed by atoms with E-state index in [2.05, 4.69) is 28.1 Å². The Balaban J connectivity index is 2.84. The summed E-state index contributed by atoms with van der Waals surface area (Å²) in [5.74, 6) is 0. The molecule has 0 saturated heterocycles. The predicted octanol–water partition coefficient (Wildman–Crippen LogP) is 1.04. The molecule has 0 fully saturated rings. The van der Waals surface area contributed by atoms with Gasteiger partial charge in [-0.15, -0.1) is 0 Å². The Morgan fingerprint density at radius 2 is 2.62 bits per heavy atom. The number of nitrogens with zero attached hydrogens (tertiary/aromatic N) is 1. The summed E-state index contributed by atoms with van der Waals surface area (Å²) in [5.41, 5.74) is 1.17. The molecule has 0 saturated carbocycles. The van der Waals surface area contributed by atoms with Crippen LogP contribution in [0.25, 0.3) is 0 Å². The molecule has 4 heteroatoms. The quantitative estimate of drug-likeness (QED) is 0.602. The predicted molar refractivity (Wildman–Crippen MR) is 42.1 cm³/mol. The number of hydrogen-bond acceptors (Lipinski definition) is 2. The van der Waals surface area contributed by atoms with Crippen molar-refractivity contribution >= 4 is 35.3 Å². The highest BCUT2D eigenvalue weighted by Gasteiger charge is 1.93. The molecule has 0 aliphatic carbocycles. The van der Waals surface area contributed by atoms with Gasteiger partial charge in [-0.3, -0.25) is 0 Å². The average molecular weight is 190 g/mol. The van der Waals surface area contributed by atoms with Gasteiger partial charge in [0.1, 0.15) is 7.85 Å². The lowest BCUT2D eigenvalue weighted by molar-refractivity contribution is 1.29. The number of halogens is 1. The fourth-order valence-corrected chi connectivity index (χ4v) is 1.51. The van der Waals surface area contributed by atoms with Gasteiger partial charge in [0.25, 0.3) is 0 Å². The zero-order chi connectivity index (χ0) is 5.98. The van der Waals surface area contributed by atoms with Gasteiger partial charge in [0.2, 0.25) is 0 Å². The summed E-state index contributed by atoms with van der Waals surface area (Å²) in [6.45, 7) is 0. The van der Waals surface area contributed by atoms with E-state index in [4.69, 9.17) is 0 Å². The van der Waals surface area contributed by atoms with Gasteiger partial charge in [-0.25, -0.2) is 0 Å². The summed E-state index contributed by atoms with van der Waals surface area (Å²) in [4.78, 5) is 0. The largest absolute Gasteiger partial charge is 0.197 e. The van der Waals surface area contributed by atoms with Crippen molar-refractivity contribution in [3.8, 4) is 0 Å². The monoisotopic (exact) mass is 189 g/mol. The van der Waals surface area contributed by atoms with Crippen LogP contribution in [-0.4, -0.2) is 12.2 Å². The zero-order valence-corrected chi connectivity index (χ0v) is 6.92. The number of aromatic nitrogens is 1. The van der Waals surface area contributed by atoms with Gasteiger partial charge in [-0.05, 0) is 39.8 Å². The summed E-state index contributed by atoms with van der Waals surface area (Å²) in [5, 5.41) is 0. The van der Waals surface area contributed by atoms with Crippen molar-refractivity contribution in [2.75, 3.05) is 0 Å². The SMILES string of the molecule is BCc1cc(Br)sn1. The second-order valence-electron chi connectivity index (χ2n) is 1.48. The molecule has 0 aliphatic rings. The summed E-state index contributed by atoms with van der Waals surface area (Å²) in [6.07, 6.45) is 1.03. The third-order valence-electron chi connectivity index (χ3n) is 0.892. The fourth-order valence-electron chi connectivity index (χ4n) is 0.453. The molecule has 0 N–H and O–H groups in total. The minimum absolute atomic E-state index is 1.03. The van der Waals surface area contributed by atoms with Gasteiger partial charge < -0.3 is 0 Å². The molecular weight excluding hydrogens is 185 g/mol. The second-order valence-corrected chi connectivity index (χ2v) is 3.66. The maximum atomic E-state index is 4.13. The third kappa shape index (κ3) is 1.32. The first-order valence-corrected chi connectivity index (χ1v) is 4.00. The van der Waals surface area contributed by atoms with Crippen LogP contribution in [0.2, 0.25) is 0 Å². The molecular formula is C4H5BBrNS. The van der Waals surface area contributed by atoms with Crippen LogP contribution < -0.4 is 0 Å². The van der Waals surface area contributed by atoms with Gasteiger partial charge in [0, 0.05) is 5.69 Å². The Bertz CT molecular complexity index is 176. The van der Waals surface area contributed by atoms with E-state index in [1.807, 2.05) is 6.07 Å². The molecule has 0 spiro atoms. The average Bonchev–Trinajstić information content (AvgIpc) is 2.14. The molecule has 0 bridgehead atoms. The maximum Gasteiger partial charge on any atom is 0.109 e. The number of hydrogen-bond donors (Lipinski definition) is 0. The molecule has 0 amide bonds. The normalized spacial score (nSPS) is 9.62. The van der Waals surface area contributed by atoms with Crippen LogP contribution in [-0.2, 0) is 6.32 Å². The summed E-state index contributed by atoms with van der Waals surface area (Å²) < 4.78 is 5.25. The van der Waals surface area contributed by atoms with Gasteiger partial charge in [-0.2, -0.15) is 4.37 Å². The van der Waals surface area contributed by atoms with E-state index < -0.39 is 0 Å². The van der Waals surface area contributed by atoms with E-state index in [0.717, 1.165) is 10.1 Å². The molecule has 0 unspecified atom stereocenters. The molecule has 1 nitrogen and oxygen atoms in total. The summed E-state index contributed by atoms with van der Waals surface area (Å²) >= 11 is 4.82.